The highest BCUT2D eigenvalue weighted by molar-refractivity contribution is 6.32. The molecule has 0 spiro atoms. The second-order valence-corrected chi connectivity index (χ2v) is 7.09. The Hall–Kier alpha value is -2.09. The predicted molar refractivity (Wildman–Crippen MR) is 117 cm³/mol. The summed E-state index contributed by atoms with van der Waals surface area (Å²) >= 11 is 6.19. The molecular weight excluding hydrogens is 418 g/mol. The van der Waals surface area contributed by atoms with Crippen molar-refractivity contribution >= 4 is 36.2 Å². The van der Waals surface area contributed by atoms with E-state index in [2.05, 4.69) is 15.6 Å². The Morgan fingerprint density at radius 3 is 2.59 bits per heavy atom. The van der Waals surface area contributed by atoms with E-state index in [1.54, 1.807) is 24.3 Å². The summed E-state index contributed by atoms with van der Waals surface area (Å²) in [6, 6.07) is 6.49. The molecule has 2 rings (SSSR count). The minimum absolute atomic E-state index is 0. The maximum Gasteiger partial charge on any atom is 0.207 e. The first kappa shape index (κ1) is 24.9. The summed E-state index contributed by atoms with van der Waals surface area (Å²) in [6.45, 7) is 4.32. The maximum absolute atomic E-state index is 15.2. The van der Waals surface area contributed by atoms with Crippen molar-refractivity contribution in [3.05, 3.63) is 46.9 Å². The van der Waals surface area contributed by atoms with Crippen LogP contribution in [-0.2, 0) is 4.79 Å². The van der Waals surface area contributed by atoms with E-state index in [0.29, 0.717) is 30.7 Å². The van der Waals surface area contributed by atoms with Gasteiger partial charge in [-0.1, -0.05) is 24.6 Å². The van der Waals surface area contributed by atoms with Crippen LogP contribution in [0.5, 0.6) is 11.5 Å². The number of aromatic nitrogens is 1. The molecule has 0 radical (unpaired) electrons. The molecule has 0 fully saturated rings. The van der Waals surface area contributed by atoms with Gasteiger partial charge in [-0.05, 0) is 31.5 Å². The van der Waals surface area contributed by atoms with Crippen LogP contribution in [0.2, 0.25) is 5.02 Å². The lowest BCUT2D eigenvalue weighted by Gasteiger charge is -2.24. The quantitative estimate of drug-likeness (QED) is 0.533. The molecule has 1 amide bonds. The summed E-state index contributed by atoms with van der Waals surface area (Å²) in [5.41, 5.74) is 0.456. The summed E-state index contributed by atoms with van der Waals surface area (Å²) in [6.07, 6.45) is 2.83. The molecule has 1 aromatic heterocycles. The molecule has 0 saturated heterocycles. The van der Waals surface area contributed by atoms with Gasteiger partial charge in [-0.2, -0.15) is 0 Å². The number of nitrogens with one attached hydrogen (secondary N) is 2. The highest BCUT2D eigenvalue weighted by Crippen LogP contribution is 2.36. The number of pyridine rings is 1. The number of benzene rings is 1. The van der Waals surface area contributed by atoms with E-state index in [0.717, 1.165) is 5.82 Å². The highest BCUT2D eigenvalue weighted by Gasteiger charge is 2.22. The molecule has 0 aliphatic rings. The van der Waals surface area contributed by atoms with Crippen molar-refractivity contribution in [3.8, 4) is 11.5 Å². The number of ether oxygens (including phenoxy) is 1. The number of hydrogen-bond donors (Lipinski definition) is 2. The lowest BCUT2D eigenvalue weighted by Crippen LogP contribution is -2.38. The number of nitrogens with zero attached hydrogens (tertiary/aromatic N) is 2. The summed E-state index contributed by atoms with van der Waals surface area (Å²) in [5.74, 6) is 0.616. The molecule has 0 unspecified atom stereocenters. The van der Waals surface area contributed by atoms with E-state index in [-0.39, 0.29) is 35.3 Å². The SMILES string of the molecule is CC[C@@H](N[C@@H](C)CNC=O)c1ccc(Cl)c(Oc2ccc(N(C)C)nc2)c1F.Cl. The molecule has 0 aliphatic carbocycles. The third-order valence-corrected chi connectivity index (χ3v) is 4.55. The van der Waals surface area contributed by atoms with Gasteiger partial charge in [0.2, 0.25) is 6.41 Å². The zero-order chi connectivity index (χ0) is 20.7. The highest BCUT2D eigenvalue weighted by atomic mass is 35.5. The number of carbonyl (C=O) groups is 1. The van der Waals surface area contributed by atoms with Gasteiger partial charge in [0, 0.05) is 38.3 Å². The molecule has 29 heavy (non-hydrogen) atoms. The maximum atomic E-state index is 15.2. The Bertz CT molecular complexity index is 791. The van der Waals surface area contributed by atoms with Gasteiger partial charge in [-0.3, -0.25) is 4.79 Å². The second kappa shape index (κ2) is 11.8. The summed E-state index contributed by atoms with van der Waals surface area (Å²) < 4.78 is 20.9. The van der Waals surface area contributed by atoms with Crippen molar-refractivity contribution in [1.82, 2.24) is 15.6 Å². The number of rotatable bonds is 10. The largest absolute Gasteiger partial charge is 0.451 e. The van der Waals surface area contributed by atoms with Gasteiger partial charge in [0.25, 0.3) is 0 Å². The van der Waals surface area contributed by atoms with E-state index < -0.39 is 5.82 Å². The molecule has 0 saturated carbocycles. The van der Waals surface area contributed by atoms with Gasteiger partial charge in [-0.25, -0.2) is 9.37 Å². The monoisotopic (exact) mass is 444 g/mol. The molecular formula is C20H27Cl2FN4O2. The Balaban J connectivity index is 0.00000420. The number of carbonyl (C=O) groups excluding carboxylic acids is 1. The molecule has 2 atom stereocenters. The fourth-order valence-corrected chi connectivity index (χ4v) is 2.96. The molecule has 2 aromatic rings. The summed E-state index contributed by atoms with van der Waals surface area (Å²) in [5, 5.41) is 6.11. The Kier molecular flexibility index (Phi) is 10.2. The summed E-state index contributed by atoms with van der Waals surface area (Å²) in [4.78, 5) is 16.6. The van der Waals surface area contributed by atoms with Crippen molar-refractivity contribution in [2.24, 2.45) is 0 Å². The Morgan fingerprint density at radius 1 is 1.31 bits per heavy atom. The molecule has 2 N–H and O–H groups in total. The average Bonchev–Trinajstić information content (AvgIpc) is 2.68. The van der Waals surface area contributed by atoms with Gasteiger partial charge in [0.1, 0.15) is 11.6 Å². The smallest absolute Gasteiger partial charge is 0.207 e. The van der Waals surface area contributed by atoms with Crippen LogP contribution in [0.25, 0.3) is 0 Å². The minimum atomic E-state index is -0.515. The zero-order valence-corrected chi connectivity index (χ0v) is 18.5. The van der Waals surface area contributed by atoms with Gasteiger partial charge < -0.3 is 20.3 Å². The number of hydrogen-bond acceptors (Lipinski definition) is 5. The molecule has 0 aliphatic heterocycles. The molecule has 0 bridgehead atoms. The van der Waals surface area contributed by atoms with Crippen LogP contribution in [0.3, 0.4) is 0 Å². The molecule has 160 valence electrons. The van der Waals surface area contributed by atoms with Crippen LogP contribution in [0.15, 0.2) is 30.5 Å². The van der Waals surface area contributed by atoms with Crippen molar-refractivity contribution in [2.45, 2.75) is 32.4 Å². The van der Waals surface area contributed by atoms with Gasteiger partial charge in [0.15, 0.2) is 11.6 Å². The molecule has 6 nitrogen and oxygen atoms in total. The fraction of sp³-hybridized carbons (Fsp3) is 0.400. The fourth-order valence-electron chi connectivity index (χ4n) is 2.78. The van der Waals surface area contributed by atoms with Gasteiger partial charge in [0.05, 0.1) is 11.2 Å². The van der Waals surface area contributed by atoms with E-state index in [1.807, 2.05) is 32.8 Å². The van der Waals surface area contributed by atoms with Gasteiger partial charge in [-0.15, -0.1) is 12.4 Å². The molecule has 1 heterocycles. The number of amides is 1. The second-order valence-electron chi connectivity index (χ2n) is 6.68. The standard InChI is InChI=1S/C20H26ClFN4O2.ClH/c1-5-17(25-13(2)10-23-12-27)15-7-8-16(21)20(19(15)22)28-14-6-9-18(24-11-14)26(3)4;/h6-9,11-13,17,25H,5,10H2,1-4H3,(H,23,27);1H/t13-,17+;/m0./s1. The summed E-state index contributed by atoms with van der Waals surface area (Å²) in [7, 11) is 3.76. The lowest BCUT2D eigenvalue weighted by atomic mass is 10.0. The van der Waals surface area contributed by atoms with Crippen molar-refractivity contribution in [3.63, 3.8) is 0 Å². The average molecular weight is 445 g/mol. The minimum Gasteiger partial charge on any atom is -0.451 e. The molecule has 1 aromatic carbocycles. The number of halogens is 3. The van der Waals surface area contributed by atoms with E-state index in [4.69, 9.17) is 16.3 Å². The van der Waals surface area contributed by atoms with Crippen LogP contribution < -0.4 is 20.3 Å². The van der Waals surface area contributed by atoms with Crippen molar-refractivity contribution in [1.29, 1.82) is 0 Å². The van der Waals surface area contributed by atoms with E-state index in [1.165, 1.54) is 6.20 Å². The predicted octanol–water partition coefficient (Wildman–Crippen LogP) is 4.33. The van der Waals surface area contributed by atoms with Crippen LogP contribution in [0.4, 0.5) is 10.2 Å². The topological polar surface area (TPSA) is 66.5 Å². The van der Waals surface area contributed by atoms with Crippen LogP contribution in [0.1, 0.15) is 31.9 Å². The van der Waals surface area contributed by atoms with E-state index in [9.17, 15) is 4.79 Å². The Labute approximate surface area is 182 Å². The normalized spacial score (nSPS) is 12.5. The van der Waals surface area contributed by atoms with Crippen LogP contribution in [0, 0.1) is 5.82 Å². The lowest BCUT2D eigenvalue weighted by molar-refractivity contribution is -0.109. The third kappa shape index (κ3) is 6.73. The third-order valence-electron chi connectivity index (χ3n) is 4.25. The first-order valence-electron chi connectivity index (χ1n) is 9.09. The zero-order valence-electron chi connectivity index (χ0n) is 16.9. The first-order chi connectivity index (χ1) is 13.4. The van der Waals surface area contributed by atoms with Crippen molar-refractivity contribution in [2.75, 3.05) is 25.5 Å². The van der Waals surface area contributed by atoms with Gasteiger partial charge >= 0.3 is 0 Å². The number of anilines is 1. The van der Waals surface area contributed by atoms with E-state index >= 15 is 4.39 Å². The van der Waals surface area contributed by atoms with Crippen molar-refractivity contribution < 1.29 is 13.9 Å². The van der Waals surface area contributed by atoms with Crippen LogP contribution >= 0.6 is 24.0 Å². The Morgan fingerprint density at radius 2 is 2.03 bits per heavy atom. The molecule has 9 heteroatoms. The first-order valence-corrected chi connectivity index (χ1v) is 9.47. The van der Waals surface area contributed by atoms with Crippen LogP contribution in [-0.4, -0.2) is 38.1 Å².